The van der Waals surface area contributed by atoms with Crippen LogP contribution < -0.4 is 11.1 Å². The van der Waals surface area contributed by atoms with Gasteiger partial charge >= 0.3 is 5.97 Å². The average molecular weight is 310 g/mol. The molecule has 0 saturated carbocycles. The normalized spacial score (nSPS) is 18.7. The number of ether oxygens (including phenoxy) is 1. The number of hydrogen-bond acceptors (Lipinski definition) is 7. The van der Waals surface area contributed by atoms with Gasteiger partial charge in [0, 0.05) is 24.4 Å². The van der Waals surface area contributed by atoms with E-state index in [-0.39, 0.29) is 29.1 Å². The number of hydrogen-bond donors (Lipinski definition) is 2. The van der Waals surface area contributed by atoms with Gasteiger partial charge in [0.05, 0.1) is 6.61 Å². The highest BCUT2D eigenvalue weighted by atomic mass is 32.2. The van der Waals surface area contributed by atoms with Crippen molar-refractivity contribution in [1.82, 2.24) is 15.3 Å². The molecule has 1 saturated heterocycles. The number of nitrogens with zero attached hydrogens (tertiary/aromatic N) is 2. The fourth-order valence-corrected chi connectivity index (χ4v) is 3.07. The van der Waals surface area contributed by atoms with Crippen molar-refractivity contribution in [2.75, 3.05) is 18.9 Å². The summed E-state index contributed by atoms with van der Waals surface area (Å²) < 4.78 is 4.87. The van der Waals surface area contributed by atoms with Gasteiger partial charge in [-0.2, -0.15) is 0 Å². The van der Waals surface area contributed by atoms with Crippen LogP contribution in [0.3, 0.4) is 0 Å². The minimum Gasteiger partial charge on any atom is -0.462 e. The third-order valence-electron chi connectivity index (χ3n) is 3.00. The van der Waals surface area contributed by atoms with Gasteiger partial charge in [-0.15, -0.1) is 0 Å². The molecule has 2 rings (SSSR count). The van der Waals surface area contributed by atoms with Crippen LogP contribution in [0, 0.1) is 0 Å². The summed E-state index contributed by atoms with van der Waals surface area (Å²) in [6, 6.07) is 0. The van der Waals surface area contributed by atoms with Crippen molar-refractivity contribution in [2.45, 2.75) is 36.6 Å². The van der Waals surface area contributed by atoms with Crippen LogP contribution in [0.4, 0.5) is 5.82 Å². The van der Waals surface area contributed by atoms with Gasteiger partial charge in [-0.05, 0) is 19.8 Å². The van der Waals surface area contributed by atoms with Crippen LogP contribution in [0.1, 0.15) is 36.5 Å². The van der Waals surface area contributed by atoms with Crippen LogP contribution in [0.25, 0.3) is 0 Å². The molecule has 1 aliphatic rings. The van der Waals surface area contributed by atoms with Crippen molar-refractivity contribution < 1.29 is 14.3 Å². The van der Waals surface area contributed by atoms with Crippen molar-refractivity contribution in [1.29, 1.82) is 0 Å². The number of esters is 1. The monoisotopic (exact) mass is 310 g/mol. The second-order valence-electron chi connectivity index (χ2n) is 4.61. The summed E-state index contributed by atoms with van der Waals surface area (Å²) in [7, 11) is 0. The maximum absolute atomic E-state index is 11.6. The molecule has 1 aromatic rings. The Bertz CT molecular complexity index is 538. The topological polar surface area (TPSA) is 107 Å². The third kappa shape index (κ3) is 4.32. The first-order valence-electron chi connectivity index (χ1n) is 6.83. The van der Waals surface area contributed by atoms with Crippen LogP contribution in [-0.2, 0) is 9.53 Å². The van der Waals surface area contributed by atoms with E-state index in [0.717, 1.165) is 12.8 Å². The van der Waals surface area contributed by atoms with Crippen molar-refractivity contribution in [3.63, 3.8) is 0 Å². The van der Waals surface area contributed by atoms with Gasteiger partial charge in [-0.1, -0.05) is 11.8 Å². The van der Waals surface area contributed by atoms with Gasteiger partial charge in [-0.3, -0.25) is 4.79 Å². The quantitative estimate of drug-likeness (QED) is 0.631. The van der Waals surface area contributed by atoms with E-state index in [2.05, 4.69) is 15.3 Å². The van der Waals surface area contributed by atoms with Gasteiger partial charge in [0.2, 0.25) is 5.91 Å². The molecular weight excluding hydrogens is 292 g/mol. The number of nitrogens with one attached hydrogen (secondary N) is 1. The highest BCUT2D eigenvalue weighted by molar-refractivity contribution is 7.99. The lowest BCUT2D eigenvalue weighted by Crippen LogP contribution is -2.22. The Morgan fingerprint density at radius 3 is 3.14 bits per heavy atom. The van der Waals surface area contributed by atoms with Gasteiger partial charge in [0.25, 0.3) is 0 Å². The number of aromatic nitrogens is 2. The summed E-state index contributed by atoms with van der Waals surface area (Å²) in [6.45, 7) is 2.70. The molecule has 1 aliphatic heterocycles. The second kappa shape index (κ2) is 7.26. The smallest absolute Gasteiger partial charge is 0.343 e. The van der Waals surface area contributed by atoms with Crippen LogP contribution >= 0.6 is 11.8 Å². The van der Waals surface area contributed by atoms with Crippen LogP contribution in [-0.4, -0.2) is 40.2 Å². The molecule has 0 radical (unpaired) electrons. The average Bonchev–Trinajstić information content (AvgIpc) is 2.63. The van der Waals surface area contributed by atoms with Crippen molar-refractivity contribution >= 4 is 29.5 Å². The van der Waals surface area contributed by atoms with E-state index in [0.29, 0.717) is 18.1 Å². The van der Waals surface area contributed by atoms with E-state index in [4.69, 9.17) is 10.5 Å². The fraction of sp³-hybridized carbons (Fsp3) is 0.538. The Morgan fingerprint density at radius 2 is 2.43 bits per heavy atom. The van der Waals surface area contributed by atoms with E-state index in [1.54, 1.807) is 6.92 Å². The number of anilines is 1. The van der Waals surface area contributed by atoms with Crippen LogP contribution in [0.5, 0.6) is 0 Å². The van der Waals surface area contributed by atoms with E-state index in [1.807, 2.05) is 0 Å². The van der Waals surface area contributed by atoms with Crippen LogP contribution in [0.15, 0.2) is 11.4 Å². The number of nitrogen functional groups attached to an aromatic ring is 1. The molecule has 1 aromatic heterocycles. The minimum absolute atomic E-state index is 0.0427. The maximum atomic E-state index is 11.6. The molecule has 0 aromatic carbocycles. The number of carbonyl (C=O) groups excluding carboxylic acids is 2. The molecular formula is C13H18N4O3S. The summed E-state index contributed by atoms with van der Waals surface area (Å²) >= 11 is 1.41. The first kappa shape index (κ1) is 15.6. The lowest BCUT2D eigenvalue weighted by atomic mass is 10.2. The lowest BCUT2D eigenvalue weighted by Gasteiger charge is -2.11. The maximum Gasteiger partial charge on any atom is 0.343 e. The standard InChI is InChI=1S/C13H18N4O3S/c1-2-20-12(19)9-7-16-13(17-11(9)14)21-8-4-3-5-15-10(18)6-8/h7-8H,2-6H2,1H3,(H,15,18)(H2,14,16,17). The second-order valence-corrected chi connectivity index (χ2v) is 5.88. The summed E-state index contributed by atoms with van der Waals surface area (Å²) in [5.41, 5.74) is 5.94. The molecule has 2 heterocycles. The van der Waals surface area contributed by atoms with Gasteiger partial charge in [0.15, 0.2) is 5.16 Å². The summed E-state index contributed by atoms with van der Waals surface area (Å²) in [4.78, 5) is 31.4. The zero-order chi connectivity index (χ0) is 15.2. The summed E-state index contributed by atoms with van der Waals surface area (Å²) in [5.74, 6) is -0.384. The molecule has 7 nitrogen and oxygen atoms in total. The molecule has 1 unspecified atom stereocenters. The highest BCUT2D eigenvalue weighted by Gasteiger charge is 2.21. The predicted octanol–water partition coefficient (Wildman–Crippen LogP) is 0.996. The number of nitrogens with two attached hydrogens (primary N) is 1. The molecule has 1 fully saturated rings. The highest BCUT2D eigenvalue weighted by Crippen LogP contribution is 2.27. The first-order chi connectivity index (χ1) is 10.1. The molecule has 1 atom stereocenters. The molecule has 3 N–H and O–H groups in total. The van der Waals surface area contributed by atoms with E-state index < -0.39 is 5.97 Å². The summed E-state index contributed by atoms with van der Waals surface area (Å²) in [6.07, 6.45) is 3.65. The SMILES string of the molecule is CCOC(=O)c1cnc(SC2CCCNC(=O)C2)nc1N. The van der Waals surface area contributed by atoms with E-state index in [9.17, 15) is 9.59 Å². The first-order valence-corrected chi connectivity index (χ1v) is 7.71. The molecule has 0 bridgehead atoms. The Balaban J connectivity index is 2.05. The molecule has 0 spiro atoms. The van der Waals surface area contributed by atoms with E-state index in [1.165, 1.54) is 18.0 Å². The molecule has 1 amide bonds. The van der Waals surface area contributed by atoms with Gasteiger partial charge in [0.1, 0.15) is 11.4 Å². The van der Waals surface area contributed by atoms with Crippen LogP contribution in [0.2, 0.25) is 0 Å². The van der Waals surface area contributed by atoms with Crippen molar-refractivity contribution in [2.24, 2.45) is 0 Å². The predicted molar refractivity (Wildman–Crippen MR) is 78.9 cm³/mol. The number of thioether (sulfide) groups is 1. The Labute approximate surface area is 127 Å². The lowest BCUT2D eigenvalue weighted by molar-refractivity contribution is -0.120. The zero-order valence-corrected chi connectivity index (χ0v) is 12.6. The largest absolute Gasteiger partial charge is 0.462 e. The molecule has 0 aliphatic carbocycles. The van der Waals surface area contributed by atoms with Gasteiger partial charge < -0.3 is 15.8 Å². The fourth-order valence-electron chi connectivity index (χ4n) is 1.99. The van der Waals surface area contributed by atoms with E-state index >= 15 is 0 Å². The zero-order valence-electron chi connectivity index (χ0n) is 11.8. The Hall–Kier alpha value is -1.83. The Kier molecular flexibility index (Phi) is 5.38. The van der Waals surface area contributed by atoms with Crippen molar-refractivity contribution in [3.8, 4) is 0 Å². The number of amides is 1. The van der Waals surface area contributed by atoms with Crippen molar-refractivity contribution in [3.05, 3.63) is 11.8 Å². The van der Waals surface area contributed by atoms with Gasteiger partial charge in [-0.25, -0.2) is 14.8 Å². The molecule has 8 heteroatoms. The number of rotatable bonds is 4. The third-order valence-corrected chi connectivity index (χ3v) is 4.14. The number of carbonyl (C=O) groups is 2. The minimum atomic E-state index is -0.527. The summed E-state index contributed by atoms with van der Waals surface area (Å²) in [5, 5.41) is 3.43. The molecule has 21 heavy (non-hydrogen) atoms. The Morgan fingerprint density at radius 1 is 1.62 bits per heavy atom. The molecule has 114 valence electrons.